The van der Waals surface area contributed by atoms with Gasteiger partial charge in [0.2, 0.25) is 5.78 Å². The first-order valence-electron chi connectivity index (χ1n) is 7.39. The van der Waals surface area contributed by atoms with E-state index in [4.69, 9.17) is 4.74 Å². The molecule has 0 fully saturated rings. The van der Waals surface area contributed by atoms with Crippen molar-refractivity contribution >= 4 is 23.6 Å². The van der Waals surface area contributed by atoms with E-state index in [1.165, 1.54) is 11.8 Å². The average molecular weight is 310 g/mol. The Hall–Kier alpha value is -2.00. The molecule has 2 nitrogen and oxygen atoms in total. The van der Waals surface area contributed by atoms with Crippen LogP contribution in [0.1, 0.15) is 29.8 Å². The van der Waals surface area contributed by atoms with Gasteiger partial charge in [-0.15, -0.1) is 0 Å². The molecule has 0 amide bonds. The van der Waals surface area contributed by atoms with Gasteiger partial charge >= 0.3 is 0 Å². The van der Waals surface area contributed by atoms with Gasteiger partial charge < -0.3 is 4.74 Å². The first-order valence-corrected chi connectivity index (χ1v) is 8.21. The molecule has 0 unspecified atom stereocenters. The van der Waals surface area contributed by atoms with E-state index in [1.54, 1.807) is 0 Å². The second-order valence-electron chi connectivity index (χ2n) is 5.71. The Morgan fingerprint density at radius 1 is 1.09 bits per heavy atom. The van der Waals surface area contributed by atoms with Crippen molar-refractivity contribution in [3.05, 3.63) is 64.6 Å². The number of benzene rings is 2. The van der Waals surface area contributed by atoms with Gasteiger partial charge in [0.15, 0.2) is 0 Å². The summed E-state index contributed by atoms with van der Waals surface area (Å²) in [6.07, 6.45) is 1.94. The third-order valence-corrected chi connectivity index (χ3v) is 4.44. The maximum absolute atomic E-state index is 12.3. The largest absolute Gasteiger partial charge is 0.493 e. The lowest BCUT2D eigenvalue weighted by atomic mass is 10.1. The van der Waals surface area contributed by atoms with E-state index < -0.39 is 0 Å². The van der Waals surface area contributed by atoms with Gasteiger partial charge in [-0.2, -0.15) is 0 Å². The van der Waals surface area contributed by atoms with Crippen LogP contribution in [0.5, 0.6) is 5.75 Å². The molecule has 1 aliphatic rings. The van der Waals surface area contributed by atoms with Crippen molar-refractivity contribution in [2.45, 2.75) is 18.7 Å². The van der Waals surface area contributed by atoms with Crippen LogP contribution < -0.4 is 4.74 Å². The fourth-order valence-corrected chi connectivity index (χ4v) is 3.26. The minimum Gasteiger partial charge on any atom is -0.493 e. The zero-order valence-corrected chi connectivity index (χ0v) is 13.5. The Morgan fingerprint density at radius 2 is 1.82 bits per heavy atom. The number of fused-ring (bicyclic) bond motifs is 1. The van der Waals surface area contributed by atoms with Crippen LogP contribution in [0.2, 0.25) is 0 Å². The van der Waals surface area contributed by atoms with E-state index >= 15 is 0 Å². The van der Waals surface area contributed by atoms with E-state index in [9.17, 15) is 4.79 Å². The highest BCUT2D eigenvalue weighted by molar-refractivity contribution is 8.04. The van der Waals surface area contributed by atoms with Crippen molar-refractivity contribution in [2.75, 3.05) is 6.61 Å². The summed E-state index contributed by atoms with van der Waals surface area (Å²) in [5.74, 6) is 1.48. The molecule has 0 saturated heterocycles. The lowest BCUT2D eigenvalue weighted by Gasteiger charge is -2.08. The molecule has 22 heavy (non-hydrogen) atoms. The van der Waals surface area contributed by atoms with Crippen LogP contribution >= 0.6 is 11.8 Å². The maximum atomic E-state index is 12.3. The number of Topliss-reactive ketones (excluding diaryl/α,β-unsaturated/α-hetero) is 1. The second-order valence-corrected chi connectivity index (χ2v) is 6.79. The Kier molecular flexibility index (Phi) is 4.34. The van der Waals surface area contributed by atoms with Gasteiger partial charge in [0, 0.05) is 10.5 Å². The number of carbonyl (C=O) groups excluding carboxylic acids is 1. The summed E-state index contributed by atoms with van der Waals surface area (Å²) in [6, 6.07) is 15.6. The molecule has 0 aromatic heterocycles. The zero-order valence-electron chi connectivity index (χ0n) is 12.7. The van der Waals surface area contributed by atoms with Gasteiger partial charge in [0.05, 0.1) is 11.5 Å². The predicted octanol–water partition coefficient (Wildman–Crippen LogP) is 5.05. The number of hydrogen-bond donors (Lipinski definition) is 0. The van der Waals surface area contributed by atoms with Crippen molar-refractivity contribution in [1.29, 1.82) is 0 Å². The average Bonchev–Trinajstić information content (AvgIpc) is 2.83. The summed E-state index contributed by atoms with van der Waals surface area (Å²) >= 11 is 1.54. The molecule has 2 aromatic rings. The van der Waals surface area contributed by atoms with E-state index in [0.29, 0.717) is 12.5 Å². The number of carbonyl (C=O) groups is 1. The molecular formula is C19H18O2S. The number of ether oxygens (including phenoxy) is 1. The Bertz CT molecular complexity index is 714. The van der Waals surface area contributed by atoms with Gasteiger partial charge in [-0.05, 0) is 41.8 Å². The normalized spacial score (nSPS) is 15.4. The lowest BCUT2D eigenvalue weighted by molar-refractivity contribution is 0.104. The smallest absolute Gasteiger partial charge is 0.200 e. The van der Waals surface area contributed by atoms with Crippen LogP contribution in [-0.4, -0.2) is 12.4 Å². The highest BCUT2D eigenvalue weighted by Gasteiger charge is 2.24. The predicted molar refractivity (Wildman–Crippen MR) is 91.4 cm³/mol. The molecule has 0 radical (unpaired) electrons. The number of allylic oxidation sites excluding steroid dienone is 1. The van der Waals surface area contributed by atoms with Crippen LogP contribution in [0.4, 0.5) is 0 Å². The van der Waals surface area contributed by atoms with E-state index in [0.717, 1.165) is 26.7 Å². The van der Waals surface area contributed by atoms with Gasteiger partial charge in [0.25, 0.3) is 0 Å². The summed E-state index contributed by atoms with van der Waals surface area (Å²) < 4.78 is 5.67. The summed E-state index contributed by atoms with van der Waals surface area (Å²) in [4.78, 5) is 14.1. The summed E-state index contributed by atoms with van der Waals surface area (Å²) in [7, 11) is 0. The first-order chi connectivity index (χ1) is 10.6. The molecule has 2 aromatic carbocycles. The number of rotatable bonds is 4. The molecule has 1 heterocycles. The second kappa shape index (κ2) is 6.41. The topological polar surface area (TPSA) is 26.3 Å². The van der Waals surface area contributed by atoms with Gasteiger partial charge in [-0.25, -0.2) is 0 Å². The van der Waals surface area contributed by atoms with Crippen LogP contribution in [0, 0.1) is 5.92 Å². The van der Waals surface area contributed by atoms with Gasteiger partial charge in [-0.1, -0.05) is 49.9 Å². The van der Waals surface area contributed by atoms with Crippen LogP contribution in [0.3, 0.4) is 0 Å². The molecular weight excluding hydrogens is 292 g/mol. The maximum Gasteiger partial charge on any atom is 0.200 e. The SMILES string of the molecule is CC(C)COc1ccc(C=C2Sc3ccccc3C2=O)cc1. The molecule has 0 bridgehead atoms. The fraction of sp³-hybridized carbons (Fsp3) is 0.211. The highest BCUT2D eigenvalue weighted by Crippen LogP contribution is 2.40. The Balaban J connectivity index is 1.75. The summed E-state index contributed by atoms with van der Waals surface area (Å²) in [5.41, 5.74) is 1.82. The molecule has 1 aliphatic heterocycles. The van der Waals surface area contributed by atoms with Crippen molar-refractivity contribution in [3.63, 3.8) is 0 Å². The molecule has 0 N–H and O–H groups in total. The molecule has 0 atom stereocenters. The number of hydrogen-bond acceptors (Lipinski definition) is 3. The fourth-order valence-electron chi connectivity index (χ4n) is 2.21. The summed E-state index contributed by atoms with van der Waals surface area (Å²) in [6.45, 7) is 4.96. The van der Waals surface area contributed by atoms with E-state index in [1.807, 2.05) is 54.6 Å². The number of thioether (sulfide) groups is 1. The third-order valence-electron chi connectivity index (χ3n) is 3.34. The molecule has 0 saturated carbocycles. The Morgan fingerprint density at radius 3 is 2.50 bits per heavy atom. The minimum absolute atomic E-state index is 0.112. The molecule has 3 rings (SSSR count). The monoisotopic (exact) mass is 310 g/mol. The molecule has 3 heteroatoms. The quantitative estimate of drug-likeness (QED) is 0.739. The van der Waals surface area contributed by atoms with Crippen molar-refractivity contribution in [1.82, 2.24) is 0 Å². The molecule has 0 spiro atoms. The Labute approximate surface area is 135 Å². The lowest BCUT2D eigenvalue weighted by Crippen LogP contribution is -2.04. The third kappa shape index (κ3) is 3.25. The highest BCUT2D eigenvalue weighted by atomic mass is 32.2. The standard InChI is InChI=1S/C19H18O2S/c1-13(2)12-21-15-9-7-14(8-10-15)11-18-19(20)16-5-3-4-6-17(16)22-18/h3-11,13H,12H2,1-2H3. The van der Waals surface area contributed by atoms with Gasteiger partial charge in [0.1, 0.15) is 5.75 Å². The van der Waals surface area contributed by atoms with Crippen LogP contribution in [-0.2, 0) is 0 Å². The first kappa shape index (κ1) is 14.9. The molecule has 112 valence electrons. The van der Waals surface area contributed by atoms with E-state index in [2.05, 4.69) is 13.8 Å². The number of ketones is 1. The minimum atomic E-state index is 0.112. The van der Waals surface area contributed by atoms with Crippen LogP contribution in [0.25, 0.3) is 6.08 Å². The van der Waals surface area contributed by atoms with E-state index in [-0.39, 0.29) is 5.78 Å². The van der Waals surface area contributed by atoms with Crippen molar-refractivity contribution in [2.24, 2.45) is 5.92 Å². The van der Waals surface area contributed by atoms with Crippen molar-refractivity contribution in [3.8, 4) is 5.75 Å². The van der Waals surface area contributed by atoms with Crippen molar-refractivity contribution < 1.29 is 9.53 Å². The summed E-state index contributed by atoms with van der Waals surface area (Å²) in [5, 5.41) is 0. The van der Waals surface area contributed by atoms with Crippen LogP contribution in [0.15, 0.2) is 58.3 Å². The van der Waals surface area contributed by atoms with Gasteiger partial charge in [-0.3, -0.25) is 4.79 Å². The zero-order chi connectivity index (χ0) is 15.5. The molecule has 0 aliphatic carbocycles.